The molecule has 20 heavy (non-hydrogen) atoms. The van der Waals surface area contributed by atoms with Gasteiger partial charge in [0.1, 0.15) is 29.0 Å². The van der Waals surface area contributed by atoms with E-state index < -0.39 is 17.7 Å². The normalized spacial score (nSPS) is 12.8. The number of nitrogens with two attached hydrogens (primary N) is 1. The lowest BCUT2D eigenvalue weighted by Gasteiger charge is -2.14. The predicted molar refractivity (Wildman–Crippen MR) is 71.7 cm³/mol. The fourth-order valence-electron chi connectivity index (χ4n) is 2.21. The second-order valence-electron chi connectivity index (χ2n) is 4.45. The van der Waals surface area contributed by atoms with Gasteiger partial charge in [0.2, 0.25) is 0 Å². The molecule has 1 aromatic heterocycles. The van der Waals surface area contributed by atoms with Crippen LogP contribution in [0.15, 0.2) is 52.9 Å². The number of rotatable bonds is 3. The Morgan fingerprint density at radius 2 is 1.85 bits per heavy atom. The van der Waals surface area contributed by atoms with Gasteiger partial charge in [-0.1, -0.05) is 18.2 Å². The van der Waals surface area contributed by atoms with E-state index in [9.17, 15) is 8.78 Å². The van der Waals surface area contributed by atoms with Crippen LogP contribution in [0.1, 0.15) is 17.4 Å². The highest BCUT2D eigenvalue weighted by atomic mass is 19.1. The lowest BCUT2D eigenvalue weighted by atomic mass is 10.0. The van der Waals surface area contributed by atoms with Crippen LogP contribution in [-0.2, 0) is 0 Å². The zero-order valence-corrected chi connectivity index (χ0v) is 10.4. The zero-order valence-electron chi connectivity index (χ0n) is 10.4. The molecule has 1 atom stereocenters. The maximum atomic E-state index is 13.8. The number of hydrogen-bond donors (Lipinski definition) is 2. The van der Waals surface area contributed by atoms with E-state index in [4.69, 9.17) is 10.3 Å². The third-order valence-electron chi connectivity index (χ3n) is 3.16. The molecule has 5 heteroatoms. The maximum absolute atomic E-state index is 13.8. The van der Waals surface area contributed by atoms with Gasteiger partial charge < -0.3 is 4.42 Å². The van der Waals surface area contributed by atoms with Gasteiger partial charge in [0.25, 0.3) is 0 Å². The average molecular weight is 274 g/mol. The number of nitrogens with one attached hydrogen (secondary N) is 1. The molecule has 1 heterocycles. The van der Waals surface area contributed by atoms with E-state index >= 15 is 0 Å². The van der Waals surface area contributed by atoms with Gasteiger partial charge in [-0.15, -0.1) is 0 Å². The summed E-state index contributed by atoms with van der Waals surface area (Å²) in [5.41, 5.74) is 3.23. The molecule has 1 unspecified atom stereocenters. The molecule has 3 N–H and O–H groups in total. The second-order valence-corrected chi connectivity index (χ2v) is 4.45. The van der Waals surface area contributed by atoms with Crippen molar-refractivity contribution in [3.05, 3.63) is 71.5 Å². The maximum Gasteiger partial charge on any atom is 0.134 e. The molecule has 0 saturated carbocycles. The summed E-state index contributed by atoms with van der Waals surface area (Å²) in [5.74, 6) is 4.83. The Morgan fingerprint density at radius 1 is 1.05 bits per heavy atom. The number of furan rings is 1. The lowest BCUT2D eigenvalue weighted by molar-refractivity contribution is 0.460. The molecule has 0 fully saturated rings. The van der Waals surface area contributed by atoms with Gasteiger partial charge in [0.15, 0.2) is 0 Å². The standard InChI is InChI=1S/C15H12F2N2O/c16-10-5-6-12(17)11(8-10)15(19-18)14-7-9-3-1-2-4-13(9)20-14/h1-8,15,19H,18H2. The highest BCUT2D eigenvalue weighted by Gasteiger charge is 2.21. The van der Waals surface area contributed by atoms with E-state index in [0.29, 0.717) is 11.3 Å². The first kappa shape index (κ1) is 12.8. The van der Waals surface area contributed by atoms with Crippen LogP contribution < -0.4 is 11.3 Å². The molecule has 2 aromatic carbocycles. The molecule has 0 aliphatic heterocycles. The summed E-state index contributed by atoms with van der Waals surface area (Å²) >= 11 is 0. The summed E-state index contributed by atoms with van der Waals surface area (Å²) in [4.78, 5) is 0. The van der Waals surface area contributed by atoms with Gasteiger partial charge in [0, 0.05) is 10.9 Å². The third-order valence-corrected chi connectivity index (χ3v) is 3.16. The van der Waals surface area contributed by atoms with E-state index in [1.807, 2.05) is 18.2 Å². The Balaban J connectivity index is 2.11. The van der Waals surface area contributed by atoms with Crippen molar-refractivity contribution in [3.63, 3.8) is 0 Å². The molecule has 0 aliphatic carbocycles. The second kappa shape index (κ2) is 5.03. The van der Waals surface area contributed by atoms with Gasteiger partial charge in [-0.25, -0.2) is 14.2 Å². The van der Waals surface area contributed by atoms with Gasteiger partial charge in [-0.05, 0) is 30.3 Å². The first-order valence-corrected chi connectivity index (χ1v) is 6.08. The molecule has 3 rings (SSSR count). The molecule has 0 amide bonds. The van der Waals surface area contributed by atoms with Crippen LogP contribution in [0.2, 0.25) is 0 Å². The molecular formula is C15H12F2N2O. The average Bonchev–Trinajstić information content (AvgIpc) is 2.87. The largest absolute Gasteiger partial charge is 0.459 e. The van der Waals surface area contributed by atoms with Crippen LogP contribution >= 0.6 is 0 Å². The van der Waals surface area contributed by atoms with Gasteiger partial charge in [0.05, 0.1) is 0 Å². The summed E-state index contributed by atoms with van der Waals surface area (Å²) in [6.07, 6.45) is 0. The van der Waals surface area contributed by atoms with Crippen LogP contribution in [0, 0.1) is 11.6 Å². The first-order valence-electron chi connectivity index (χ1n) is 6.08. The minimum Gasteiger partial charge on any atom is -0.459 e. The van der Waals surface area contributed by atoms with Crippen molar-refractivity contribution in [2.45, 2.75) is 6.04 Å². The van der Waals surface area contributed by atoms with Crippen LogP contribution in [-0.4, -0.2) is 0 Å². The third kappa shape index (κ3) is 2.17. The van der Waals surface area contributed by atoms with Crippen LogP contribution in [0.4, 0.5) is 8.78 Å². The Hall–Kier alpha value is -2.24. The zero-order chi connectivity index (χ0) is 14.1. The molecule has 0 bridgehead atoms. The van der Waals surface area contributed by atoms with Crippen LogP contribution in [0.3, 0.4) is 0 Å². The molecule has 3 nitrogen and oxygen atoms in total. The smallest absolute Gasteiger partial charge is 0.134 e. The van der Waals surface area contributed by atoms with Gasteiger partial charge in [-0.2, -0.15) is 0 Å². The van der Waals surface area contributed by atoms with Crippen molar-refractivity contribution in [3.8, 4) is 0 Å². The minimum atomic E-state index is -0.752. The summed E-state index contributed by atoms with van der Waals surface area (Å²) in [5, 5.41) is 0.875. The van der Waals surface area contributed by atoms with Gasteiger partial charge in [-0.3, -0.25) is 5.84 Å². The number of benzene rings is 2. The number of para-hydroxylation sites is 1. The van der Waals surface area contributed by atoms with Crippen molar-refractivity contribution in [1.29, 1.82) is 0 Å². The highest BCUT2D eigenvalue weighted by molar-refractivity contribution is 5.77. The first-order chi connectivity index (χ1) is 9.69. The molecule has 0 saturated heterocycles. The Labute approximate surface area is 114 Å². The molecule has 0 spiro atoms. The van der Waals surface area contributed by atoms with Crippen molar-refractivity contribution in [2.24, 2.45) is 5.84 Å². The van der Waals surface area contributed by atoms with Gasteiger partial charge >= 0.3 is 0 Å². The van der Waals surface area contributed by atoms with E-state index in [0.717, 1.165) is 23.6 Å². The van der Waals surface area contributed by atoms with Crippen molar-refractivity contribution in [1.82, 2.24) is 5.43 Å². The fourth-order valence-corrected chi connectivity index (χ4v) is 2.21. The topological polar surface area (TPSA) is 51.2 Å². The molecule has 0 radical (unpaired) electrons. The number of fused-ring (bicyclic) bond motifs is 1. The summed E-state index contributed by atoms with van der Waals surface area (Å²) in [7, 11) is 0. The number of hydrazine groups is 1. The highest BCUT2D eigenvalue weighted by Crippen LogP contribution is 2.29. The fraction of sp³-hybridized carbons (Fsp3) is 0.0667. The quantitative estimate of drug-likeness (QED) is 0.569. The predicted octanol–water partition coefficient (Wildman–Crippen LogP) is 3.26. The van der Waals surface area contributed by atoms with Crippen molar-refractivity contribution >= 4 is 11.0 Å². The van der Waals surface area contributed by atoms with E-state index in [1.54, 1.807) is 12.1 Å². The van der Waals surface area contributed by atoms with Crippen molar-refractivity contribution < 1.29 is 13.2 Å². The number of hydrogen-bond acceptors (Lipinski definition) is 3. The van der Waals surface area contributed by atoms with E-state index in [1.165, 1.54) is 0 Å². The minimum absolute atomic E-state index is 0.103. The van der Waals surface area contributed by atoms with E-state index in [-0.39, 0.29) is 5.56 Å². The van der Waals surface area contributed by atoms with Crippen LogP contribution in [0.5, 0.6) is 0 Å². The lowest BCUT2D eigenvalue weighted by Crippen LogP contribution is -2.29. The summed E-state index contributed by atoms with van der Waals surface area (Å²) in [6, 6.07) is 11.6. The monoisotopic (exact) mass is 274 g/mol. The summed E-state index contributed by atoms with van der Waals surface area (Å²) < 4.78 is 32.8. The molecule has 0 aliphatic rings. The number of halogens is 2. The van der Waals surface area contributed by atoms with E-state index in [2.05, 4.69) is 5.43 Å². The molecule has 3 aromatic rings. The SMILES string of the molecule is NNC(c1cc2ccccc2o1)c1cc(F)ccc1F. The Morgan fingerprint density at radius 3 is 2.60 bits per heavy atom. The Kier molecular flexibility index (Phi) is 3.22. The van der Waals surface area contributed by atoms with Crippen LogP contribution in [0.25, 0.3) is 11.0 Å². The summed E-state index contributed by atoms with van der Waals surface area (Å²) in [6.45, 7) is 0. The van der Waals surface area contributed by atoms with Crippen molar-refractivity contribution in [2.75, 3.05) is 0 Å². The Bertz CT molecular complexity index is 721. The molecule has 102 valence electrons. The molecular weight excluding hydrogens is 262 g/mol.